The second-order valence-corrected chi connectivity index (χ2v) is 15.1. The first-order valence-electron chi connectivity index (χ1n) is 20.8. The standard InChI is InChI=1S/C44H78N2O5S/c1-5-7-9-11-13-15-17-19-21-23-25-27-29-31-33-35-43(48)50-40-46(42(47)39-52-38-37-45(3)4)41-51-44(49)36-34-32-30-28-26-24-22-20-18-16-14-12-10-8-6-2/h13-16,19-22H,5-12,17-18,23-41H2,1-4H3/b15-13-,16-14-,21-19-,22-20-. The van der Waals surface area contributed by atoms with Crippen LogP contribution in [0.5, 0.6) is 0 Å². The van der Waals surface area contributed by atoms with E-state index in [9.17, 15) is 14.4 Å². The molecule has 0 fully saturated rings. The molecule has 0 aliphatic rings. The average Bonchev–Trinajstić information content (AvgIpc) is 3.13. The van der Waals surface area contributed by atoms with E-state index >= 15 is 0 Å². The van der Waals surface area contributed by atoms with Gasteiger partial charge in [0.25, 0.3) is 0 Å². The third kappa shape index (κ3) is 37.4. The molecule has 0 aliphatic carbocycles. The molecule has 0 unspecified atom stereocenters. The summed E-state index contributed by atoms with van der Waals surface area (Å²) in [5, 5.41) is 0. The van der Waals surface area contributed by atoms with Crippen LogP contribution in [0.15, 0.2) is 48.6 Å². The van der Waals surface area contributed by atoms with Gasteiger partial charge in [-0.15, -0.1) is 0 Å². The molecule has 0 spiro atoms. The molecule has 0 aromatic heterocycles. The Hall–Kier alpha value is -2.32. The summed E-state index contributed by atoms with van der Waals surface area (Å²) < 4.78 is 10.9. The Bertz CT molecular complexity index is 900. The highest BCUT2D eigenvalue weighted by atomic mass is 32.2. The van der Waals surface area contributed by atoms with E-state index in [1.807, 2.05) is 14.1 Å². The highest BCUT2D eigenvalue weighted by molar-refractivity contribution is 7.99. The van der Waals surface area contributed by atoms with Gasteiger partial charge >= 0.3 is 11.9 Å². The number of thioether (sulfide) groups is 1. The fraction of sp³-hybridized carbons (Fsp3) is 0.750. The molecule has 7 nitrogen and oxygen atoms in total. The average molecular weight is 747 g/mol. The van der Waals surface area contributed by atoms with Crippen LogP contribution in [0.2, 0.25) is 0 Å². The van der Waals surface area contributed by atoms with Crippen LogP contribution in [0.3, 0.4) is 0 Å². The quantitative estimate of drug-likeness (QED) is 0.0271. The summed E-state index contributed by atoms with van der Waals surface area (Å²) in [5.74, 6) is 0.226. The SMILES string of the molecule is CCCCC/C=C\C/C=C\CCCCCCCC(=O)OCN(COC(=O)CCCCCCC/C=C\C/C=C\CCCCC)C(=O)CSCCN(C)C. The van der Waals surface area contributed by atoms with Gasteiger partial charge in [0.05, 0.1) is 5.75 Å². The molecule has 0 heterocycles. The molecule has 52 heavy (non-hydrogen) atoms. The molecule has 0 saturated heterocycles. The maximum Gasteiger partial charge on any atom is 0.307 e. The summed E-state index contributed by atoms with van der Waals surface area (Å²) in [4.78, 5) is 41.2. The topological polar surface area (TPSA) is 76.1 Å². The minimum Gasteiger partial charge on any atom is -0.444 e. The Morgan fingerprint density at radius 3 is 1.31 bits per heavy atom. The van der Waals surface area contributed by atoms with Gasteiger partial charge in [-0.2, -0.15) is 11.8 Å². The lowest BCUT2D eigenvalue weighted by Gasteiger charge is -2.22. The van der Waals surface area contributed by atoms with Crippen LogP contribution in [-0.4, -0.2) is 73.3 Å². The van der Waals surface area contributed by atoms with Crippen molar-refractivity contribution in [3.8, 4) is 0 Å². The number of esters is 2. The van der Waals surface area contributed by atoms with Crippen molar-refractivity contribution in [3.05, 3.63) is 48.6 Å². The van der Waals surface area contributed by atoms with Crippen LogP contribution in [0, 0.1) is 0 Å². The molecule has 300 valence electrons. The molecular weight excluding hydrogens is 669 g/mol. The minimum absolute atomic E-state index is 0.191. The molecule has 0 atom stereocenters. The zero-order chi connectivity index (χ0) is 38.2. The number of hydrogen-bond acceptors (Lipinski definition) is 7. The molecule has 0 rings (SSSR count). The number of amides is 1. The number of ether oxygens (including phenoxy) is 2. The molecule has 0 aromatic rings. The molecule has 0 aliphatic heterocycles. The highest BCUT2D eigenvalue weighted by Crippen LogP contribution is 2.12. The minimum atomic E-state index is -0.319. The van der Waals surface area contributed by atoms with Gasteiger partial charge in [0.15, 0.2) is 13.5 Å². The van der Waals surface area contributed by atoms with E-state index in [1.54, 1.807) is 0 Å². The highest BCUT2D eigenvalue weighted by Gasteiger charge is 2.18. The van der Waals surface area contributed by atoms with E-state index in [4.69, 9.17) is 9.47 Å². The number of nitrogens with zero attached hydrogens (tertiary/aromatic N) is 2. The Kier molecular flexibility index (Phi) is 38.1. The van der Waals surface area contributed by atoms with E-state index < -0.39 is 0 Å². The van der Waals surface area contributed by atoms with Crippen LogP contribution >= 0.6 is 11.8 Å². The van der Waals surface area contributed by atoms with Gasteiger partial charge in [-0.05, 0) is 91.1 Å². The van der Waals surface area contributed by atoms with Gasteiger partial charge in [-0.25, -0.2) is 0 Å². The first-order valence-corrected chi connectivity index (χ1v) is 22.0. The first kappa shape index (κ1) is 49.7. The van der Waals surface area contributed by atoms with Gasteiger partial charge in [0.2, 0.25) is 5.91 Å². The predicted octanol–water partition coefficient (Wildman–Crippen LogP) is 11.7. The lowest BCUT2D eigenvalue weighted by atomic mass is 10.1. The summed E-state index contributed by atoms with van der Waals surface area (Å²) in [7, 11) is 3.99. The summed E-state index contributed by atoms with van der Waals surface area (Å²) in [6.45, 7) is 4.95. The number of rotatable bonds is 37. The maximum atomic E-state index is 12.9. The van der Waals surface area contributed by atoms with Gasteiger partial charge in [0.1, 0.15) is 0 Å². The fourth-order valence-corrected chi connectivity index (χ4v) is 6.28. The van der Waals surface area contributed by atoms with E-state index in [1.165, 1.54) is 80.9 Å². The molecule has 0 radical (unpaired) electrons. The number of carbonyl (C=O) groups is 3. The van der Waals surface area contributed by atoms with Crippen molar-refractivity contribution in [2.24, 2.45) is 0 Å². The zero-order valence-electron chi connectivity index (χ0n) is 34.0. The lowest BCUT2D eigenvalue weighted by Crippen LogP contribution is -2.38. The number of carbonyl (C=O) groups excluding carboxylic acids is 3. The second kappa shape index (κ2) is 39.9. The molecule has 0 bridgehead atoms. The van der Waals surface area contributed by atoms with Crippen LogP contribution in [-0.2, 0) is 23.9 Å². The molecule has 0 aromatic carbocycles. The van der Waals surface area contributed by atoms with E-state index in [0.29, 0.717) is 12.8 Å². The number of hydrogen-bond donors (Lipinski definition) is 0. The third-order valence-electron chi connectivity index (χ3n) is 8.69. The van der Waals surface area contributed by atoms with Gasteiger partial charge in [-0.3, -0.25) is 19.3 Å². The van der Waals surface area contributed by atoms with Crippen molar-refractivity contribution < 1.29 is 23.9 Å². The first-order chi connectivity index (χ1) is 25.4. The molecule has 8 heteroatoms. The van der Waals surface area contributed by atoms with E-state index in [-0.39, 0.29) is 37.1 Å². The van der Waals surface area contributed by atoms with Crippen LogP contribution < -0.4 is 0 Å². The summed E-state index contributed by atoms with van der Waals surface area (Å²) in [5.41, 5.74) is 0. The van der Waals surface area contributed by atoms with Crippen LogP contribution in [0.4, 0.5) is 0 Å². The van der Waals surface area contributed by atoms with Crippen molar-refractivity contribution in [1.29, 1.82) is 0 Å². The zero-order valence-corrected chi connectivity index (χ0v) is 34.8. The monoisotopic (exact) mass is 747 g/mol. The van der Waals surface area contributed by atoms with Gasteiger partial charge in [-0.1, -0.05) is 127 Å². The van der Waals surface area contributed by atoms with Gasteiger partial charge in [0, 0.05) is 25.1 Å². The Morgan fingerprint density at radius 2 is 0.904 bits per heavy atom. The Labute approximate surface area is 324 Å². The summed E-state index contributed by atoms with van der Waals surface area (Å²) in [6.07, 6.45) is 43.5. The molecular formula is C44H78N2O5S. The predicted molar refractivity (Wildman–Crippen MR) is 223 cm³/mol. The van der Waals surface area contributed by atoms with Crippen molar-refractivity contribution >= 4 is 29.6 Å². The fourth-order valence-electron chi connectivity index (χ4n) is 5.28. The van der Waals surface area contributed by atoms with Crippen molar-refractivity contribution in [2.45, 2.75) is 168 Å². The third-order valence-corrected chi connectivity index (χ3v) is 9.61. The Balaban J connectivity index is 4.22. The van der Waals surface area contributed by atoms with Crippen molar-refractivity contribution in [3.63, 3.8) is 0 Å². The normalized spacial score (nSPS) is 11.9. The van der Waals surface area contributed by atoms with Crippen molar-refractivity contribution in [2.75, 3.05) is 45.6 Å². The summed E-state index contributed by atoms with van der Waals surface area (Å²) in [6, 6.07) is 0. The van der Waals surface area contributed by atoms with Crippen LogP contribution in [0.1, 0.15) is 168 Å². The Morgan fingerprint density at radius 1 is 0.519 bits per heavy atom. The number of unbranched alkanes of at least 4 members (excludes halogenated alkanes) is 16. The lowest BCUT2D eigenvalue weighted by molar-refractivity contribution is -0.162. The van der Waals surface area contributed by atoms with E-state index in [0.717, 1.165) is 89.3 Å². The molecule has 0 saturated carbocycles. The summed E-state index contributed by atoms with van der Waals surface area (Å²) >= 11 is 1.52. The maximum absolute atomic E-state index is 12.9. The van der Waals surface area contributed by atoms with Crippen molar-refractivity contribution in [1.82, 2.24) is 9.80 Å². The van der Waals surface area contributed by atoms with Crippen LogP contribution in [0.25, 0.3) is 0 Å². The smallest absolute Gasteiger partial charge is 0.307 e. The van der Waals surface area contributed by atoms with Gasteiger partial charge < -0.3 is 14.4 Å². The molecule has 0 N–H and O–H groups in total. The largest absolute Gasteiger partial charge is 0.444 e. The number of allylic oxidation sites excluding steroid dienone is 8. The second-order valence-electron chi connectivity index (χ2n) is 14.0. The van der Waals surface area contributed by atoms with E-state index in [2.05, 4.69) is 67.4 Å². The molecule has 1 amide bonds.